The number of imidazole rings is 1. The van der Waals surface area contributed by atoms with Gasteiger partial charge in [-0.05, 0) is 58.4 Å². The molecule has 0 unspecified atom stereocenters. The second-order valence-electron chi connectivity index (χ2n) is 5.97. The van der Waals surface area contributed by atoms with Gasteiger partial charge in [0.05, 0.1) is 11.0 Å². The van der Waals surface area contributed by atoms with Crippen molar-refractivity contribution in [2.45, 2.75) is 39.7 Å². The van der Waals surface area contributed by atoms with Crippen LogP contribution in [-0.2, 0) is 13.5 Å². The highest BCUT2D eigenvalue weighted by Crippen LogP contribution is 2.16. The number of hydrogen-bond donors (Lipinski definition) is 1. The first-order chi connectivity index (χ1) is 8.37. The summed E-state index contributed by atoms with van der Waals surface area (Å²) in [4.78, 5) is 4.57. The highest BCUT2D eigenvalue weighted by Gasteiger charge is 2.08. The van der Waals surface area contributed by atoms with Crippen LogP contribution in [0.4, 0.5) is 0 Å². The van der Waals surface area contributed by atoms with E-state index in [0.717, 1.165) is 24.3 Å². The molecule has 0 aliphatic carbocycles. The molecule has 1 N–H and O–H groups in total. The van der Waals surface area contributed by atoms with Gasteiger partial charge in [-0.3, -0.25) is 0 Å². The van der Waals surface area contributed by atoms with Crippen LogP contribution in [0.25, 0.3) is 11.0 Å². The first kappa shape index (κ1) is 13.1. The molecule has 0 fully saturated rings. The van der Waals surface area contributed by atoms with Crippen molar-refractivity contribution in [1.29, 1.82) is 0 Å². The van der Waals surface area contributed by atoms with Gasteiger partial charge in [0.25, 0.3) is 0 Å². The van der Waals surface area contributed by atoms with E-state index in [1.54, 1.807) is 0 Å². The average Bonchev–Trinajstić information content (AvgIpc) is 2.53. The molecule has 0 bridgehead atoms. The Balaban J connectivity index is 2.11. The number of fused-ring (bicyclic) bond motifs is 1. The molecule has 18 heavy (non-hydrogen) atoms. The third kappa shape index (κ3) is 2.91. The van der Waals surface area contributed by atoms with E-state index in [2.05, 4.69) is 60.9 Å². The van der Waals surface area contributed by atoms with Crippen molar-refractivity contribution >= 4 is 11.0 Å². The molecule has 0 aliphatic heterocycles. The van der Waals surface area contributed by atoms with E-state index >= 15 is 0 Å². The standard InChI is InChI=1S/C15H23N3/c1-11-17-13-10-12(6-7-14(13)18(11)5)8-9-16-15(2,3)4/h6-7,10,16H,8-9H2,1-5H3. The third-order valence-electron chi connectivity index (χ3n) is 3.24. The Morgan fingerprint density at radius 1 is 1.28 bits per heavy atom. The molecule has 0 amide bonds. The normalized spacial score (nSPS) is 12.3. The molecule has 0 spiro atoms. The average molecular weight is 245 g/mol. The van der Waals surface area contributed by atoms with Crippen molar-refractivity contribution in [3.63, 3.8) is 0 Å². The molecule has 1 aromatic carbocycles. The minimum Gasteiger partial charge on any atom is -0.331 e. The first-order valence-corrected chi connectivity index (χ1v) is 6.54. The molecule has 1 heterocycles. The lowest BCUT2D eigenvalue weighted by Gasteiger charge is -2.20. The fourth-order valence-electron chi connectivity index (χ4n) is 2.10. The van der Waals surface area contributed by atoms with Crippen LogP contribution in [0.15, 0.2) is 18.2 Å². The van der Waals surface area contributed by atoms with Crippen LogP contribution in [-0.4, -0.2) is 21.6 Å². The smallest absolute Gasteiger partial charge is 0.106 e. The van der Waals surface area contributed by atoms with E-state index < -0.39 is 0 Å². The van der Waals surface area contributed by atoms with Crippen molar-refractivity contribution in [2.75, 3.05) is 6.54 Å². The number of nitrogens with zero attached hydrogens (tertiary/aromatic N) is 2. The van der Waals surface area contributed by atoms with Crippen molar-refractivity contribution in [2.24, 2.45) is 7.05 Å². The third-order valence-corrected chi connectivity index (χ3v) is 3.24. The molecule has 3 heteroatoms. The van der Waals surface area contributed by atoms with Crippen LogP contribution in [0.1, 0.15) is 32.2 Å². The quantitative estimate of drug-likeness (QED) is 0.901. The van der Waals surface area contributed by atoms with Gasteiger partial charge in [0.2, 0.25) is 0 Å². The van der Waals surface area contributed by atoms with E-state index in [9.17, 15) is 0 Å². The zero-order chi connectivity index (χ0) is 13.3. The van der Waals surface area contributed by atoms with Crippen LogP contribution in [0, 0.1) is 6.92 Å². The molecule has 98 valence electrons. The topological polar surface area (TPSA) is 29.9 Å². The van der Waals surface area contributed by atoms with Gasteiger partial charge in [-0.25, -0.2) is 4.98 Å². The Morgan fingerprint density at radius 3 is 2.67 bits per heavy atom. The fraction of sp³-hybridized carbons (Fsp3) is 0.533. The van der Waals surface area contributed by atoms with Crippen LogP contribution < -0.4 is 5.32 Å². The number of rotatable bonds is 3. The number of benzene rings is 1. The SMILES string of the molecule is Cc1nc2cc(CCNC(C)(C)C)ccc2n1C. The van der Waals surface area contributed by atoms with Crippen molar-refractivity contribution in [1.82, 2.24) is 14.9 Å². The van der Waals surface area contributed by atoms with Gasteiger partial charge in [-0.1, -0.05) is 6.07 Å². The number of hydrogen-bond acceptors (Lipinski definition) is 2. The second-order valence-corrected chi connectivity index (χ2v) is 5.97. The number of nitrogens with one attached hydrogen (secondary N) is 1. The Hall–Kier alpha value is -1.35. The largest absolute Gasteiger partial charge is 0.331 e. The lowest BCUT2D eigenvalue weighted by molar-refractivity contribution is 0.429. The molecular weight excluding hydrogens is 222 g/mol. The van der Waals surface area contributed by atoms with Gasteiger partial charge in [-0.15, -0.1) is 0 Å². The minimum absolute atomic E-state index is 0.186. The molecule has 2 rings (SSSR count). The lowest BCUT2D eigenvalue weighted by Crippen LogP contribution is -2.37. The van der Waals surface area contributed by atoms with Gasteiger partial charge in [-0.2, -0.15) is 0 Å². The monoisotopic (exact) mass is 245 g/mol. The van der Waals surface area contributed by atoms with E-state index in [4.69, 9.17) is 0 Å². The van der Waals surface area contributed by atoms with Crippen molar-refractivity contribution in [3.05, 3.63) is 29.6 Å². The zero-order valence-corrected chi connectivity index (χ0v) is 12.0. The maximum absolute atomic E-state index is 4.57. The zero-order valence-electron chi connectivity index (χ0n) is 12.0. The Morgan fingerprint density at radius 2 is 2.00 bits per heavy atom. The van der Waals surface area contributed by atoms with Crippen LogP contribution in [0.5, 0.6) is 0 Å². The summed E-state index contributed by atoms with van der Waals surface area (Å²) in [5.74, 6) is 1.06. The summed E-state index contributed by atoms with van der Waals surface area (Å²) < 4.78 is 2.13. The van der Waals surface area contributed by atoms with Gasteiger partial charge < -0.3 is 9.88 Å². The fourth-order valence-corrected chi connectivity index (χ4v) is 2.10. The number of aryl methyl sites for hydroxylation is 2. The van der Waals surface area contributed by atoms with Crippen molar-refractivity contribution in [3.8, 4) is 0 Å². The van der Waals surface area contributed by atoms with Crippen LogP contribution in [0.3, 0.4) is 0 Å². The molecule has 0 saturated heterocycles. The van der Waals surface area contributed by atoms with Gasteiger partial charge in [0, 0.05) is 12.6 Å². The Bertz CT molecular complexity index is 547. The summed E-state index contributed by atoms with van der Waals surface area (Å²) in [5, 5.41) is 3.51. The molecule has 0 atom stereocenters. The molecule has 3 nitrogen and oxygen atoms in total. The lowest BCUT2D eigenvalue weighted by atomic mass is 10.1. The summed E-state index contributed by atoms with van der Waals surface area (Å²) in [6.45, 7) is 9.62. The summed E-state index contributed by atoms with van der Waals surface area (Å²) in [6, 6.07) is 6.57. The number of aromatic nitrogens is 2. The van der Waals surface area contributed by atoms with Crippen LogP contribution in [0.2, 0.25) is 0 Å². The summed E-state index contributed by atoms with van der Waals surface area (Å²) >= 11 is 0. The van der Waals surface area contributed by atoms with Gasteiger partial charge in [0.15, 0.2) is 0 Å². The molecule has 0 radical (unpaired) electrons. The minimum atomic E-state index is 0.186. The van der Waals surface area contributed by atoms with Crippen LogP contribution >= 0.6 is 0 Å². The van der Waals surface area contributed by atoms with Gasteiger partial charge >= 0.3 is 0 Å². The maximum Gasteiger partial charge on any atom is 0.106 e. The maximum atomic E-state index is 4.57. The predicted molar refractivity (Wildman–Crippen MR) is 76.9 cm³/mol. The highest BCUT2D eigenvalue weighted by molar-refractivity contribution is 5.76. The highest BCUT2D eigenvalue weighted by atomic mass is 15.0. The van der Waals surface area contributed by atoms with E-state index in [1.165, 1.54) is 11.1 Å². The molecule has 0 aliphatic rings. The molecule has 0 saturated carbocycles. The summed E-state index contributed by atoms with van der Waals surface area (Å²) in [7, 11) is 2.06. The first-order valence-electron chi connectivity index (χ1n) is 6.54. The van der Waals surface area contributed by atoms with E-state index in [0.29, 0.717) is 0 Å². The Kier molecular flexibility index (Phi) is 3.44. The predicted octanol–water partition coefficient (Wildman–Crippen LogP) is 2.81. The summed E-state index contributed by atoms with van der Waals surface area (Å²) in [6.07, 6.45) is 1.04. The molecule has 1 aromatic heterocycles. The summed E-state index contributed by atoms with van der Waals surface area (Å²) in [5.41, 5.74) is 3.84. The second kappa shape index (κ2) is 4.73. The molecule has 2 aromatic rings. The van der Waals surface area contributed by atoms with Crippen molar-refractivity contribution < 1.29 is 0 Å². The van der Waals surface area contributed by atoms with E-state index in [-0.39, 0.29) is 5.54 Å². The molecular formula is C15H23N3. The van der Waals surface area contributed by atoms with E-state index in [1.807, 2.05) is 6.92 Å². The Labute approximate surface area is 109 Å². The van der Waals surface area contributed by atoms with Gasteiger partial charge in [0.1, 0.15) is 5.82 Å².